The molecule has 0 aliphatic heterocycles. The molecule has 0 aromatic heterocycles. The Morgan fingerprint density at radius 2 is 1.32 bits per heavy atom. The van der Waals surface area contributed by atoms with Crippen LogP contribution in [0, 0.1) is 0 Å². The SMILES string of the molecule is COc1cc(OC)c(CC=C(C)C)c(C=O)c1CC=C(C)C. The van der Waals surface area contributed by atoms with Crippen molar-refractivity contribution in [3.63, 3.8) is 0 Å². The molecule has 0 unspecified atom stereocenters. The quantitative estimate of drug-likeness (QED) is 0.548. The zero-order chi connectivity index (χ0) is 16.7. The number of allylic oxidation sites excluding steroid dienone is 4. The number of ether oxygens (including phenoxy) is 2. The second-order valence-electron chi connectivity index (χ2n) is 5.74. The molecule has 1 aromatic carbocycles. The van der Waals surface area contributed by atoms with Crippen LogP contribution in [-0.2, 0) is 12.8 Å². The Morgan fingerprint density at radius 1 is 0.909 bits per heavy atom. The van der Waals surface area contributed by atoms with E-state index in [-0.39, 0.29) is 0 Å². The van der Waals surface area contributed by atoms with E-state index in [1.54, 1.807) is 14.2 Å². The van der Waals surface area contributed by atoms with E-state index in [0.717, 1.165) is 17.4 Å². The Balaban J connectivity index is 3.52. The molecule has 0 atom stereocenters. The minimum atomic E-state index is 0.672. The minimum absolute atomic E-state index is 0.672. The van der Waals surface area contributed by atoms with Gasteiger partial charge in [-0.1, -0.05) is 23.3 Å². The smallest absolute Gasteiger partial charge is 0.150 e. The number of rotatable bonds is 7. The van der Waals surface area contributed by atoms with Crippen LogP contribution in [-0.4, -0.2) is 20.5 Å². The van der Waals surface area contributed by atoms with Crippen LogP contribution in [0.5, 0.6) is 11.5 Å². The van der Waals surface area contributed by atoms with Crippen molar-refractivity contribution in [3.8, 4) is 11.5 Å². The van der Waals surface area contributed by atoms with Crippen LogP contribution in [0.3, 0.4) is 0 Å². The fourth-order valence-corrected chi connectivity index (χ4v) is 2.28. The summed E-state index contributed by atoms with van der Waals surface area (Å²) in [4.78, 5) is 11.7. The zero-order valence-electron chi connectivity index (χ0n) is 14.4. The summed E-state index contributed by atoms with van der Waals surface area (Å²) in [6.07, 6.45) is 6.45. The van der Waals surface area contributed by atoms with E-state index in [4.69, 9.17) is 9.47 Å². The zero-order valence-corrected chi connectivity index (χ0v) is 14.4. The van der Waals surface area contributed by atoms with Crippen LogP contribution >= 0.6 is 0 Å². The van der Waals surface area contributed by atoms with Crippen molar-refractivity contribution in [2.75, 3.05) is 14.2 Å². The average molecular weight is 302 g/mol. The molecule has 0 fully saturated rings. The van der Waals surface area contributed by atoms with E-state index < -0.39 is 0 Å². The Morgan fingerprint density at radius 3 is 1.59 bits per heavy atom. The highest BCUT2D eigenvalue weighted by atomic mass is 16.5. The molecule has 0 heterocycles. The molecule has 3 heteroatoms. The van der Waals surface area contributed by atoms with Gasteiger partial charge in [0.05, 0.1) is 14.2 Å². The molecule has 0 spiro atoms. The van der Waals surface area contributed by atoms with Crippen molar-refractivity contribution in [1.29, 1.82) is 0 Å². The monoisotopic (exact) mass is 302 g/mol. The molecular weight excluding hydrogens is 276 g/mol. The first-order chi connectivity index (χ1) is 10.4. The van der Waals surface area contributed by atoms with E-state index in [1.807, 2.05) is 33.8 Å². The summed E-state index contributed by atoms with van der Waals surface area (Å²) in [7, 11) is 3.23. The van der Waals surface area contributed by atoms with E-state index in [9.17, 15) is 4.79 Å². The summed E-state index contributed by atoms with van der Waals surface area (Å²) in [5.74, 6) is 1.38. The van der Waals surface area contributed by atoms with Crippen molar-refractivity contribution in [3.05, 3.63) is 46.1 Å². The normalized spacial score (nSPS) is 9.91. The number of aldehydes is 1. The first-order valence-electron chi connectivity index (χ1n) is 7.43. The Bertz CT molecular complexity index is 541. The van der Waals surface area contributed by atoms with Gasteiger partial charge in [0.25, 0.3) is 0 Å². The average Bonchev–Trinajstić information content (AvgIpc) is 2.49. The predicted molar refractivity (Wildman–Crippen MR) is 91.2 cm³/mol. The molecule has 1 aromatic rings. The fraction of sp³-hybridized carbons (Fsp3) is 0.421. The van der Waals surface area contributed by atoms with Crippen molar-refractivity contribution < 1.29 is 14.3 Å². The molecule has 22 heavy (non-hydrogen) atoms. The van der Waals surface area contributed by atoms with Gasteiger partial charge in [0, 0.05) is 22.8 Å². The number of hydrogen-bond donors (Lipinski definition) is 0. The summed E-state index contributed by atoms with van der Waals surface area (Å²) in [5, 5.41) is 0. The lowest BCUT2D eigenvalue weighted by molar-refractivity contribution is 0.112. The molecule has 0 aliphatic rings. The maximum atomic E-state index is 11.7. The van der Waals surface area contributed by atoms with Gasteiger partial charge >= 0.3 is 0 Å². The van der Waals surface area contributed by atoms with Crippen molar-refractivity contribution in [1.82, 2.24) is 0 Å². The highest BCUT2D eigenvalue weighted by molar-refractivity contribution is 5.83. The van der Waals surface area contributed by atoms with Crippen LogP contribution in [0.1, 0.15) is 49.2 Å². The van der Waals surface area contributed by atoms with Crippen LogP contribution < -0.4 is 9.47 Å². The van der Waals surface area contributed by atoms with Crippen molar-refractivity contribution in [2.45, 2.75) is 40.5 Å². The van der Waals surface area contributed by atoms with Gasteiger partial charge in [-0.15, -0.1) is 0 Å². The predicted octanol–water partition coefficient (Wildman–Crippen LogP) is 4.53. The summed E-state index contributed by atoms with van der Waals surface area (Å²) < 4.78 is 10.9. The van der Waals surface area contributed by atoms with Crippen molar-refractivity contribution >= 4 is 6.29 Å². The van der Waals surface area contributed by atoms with Gasteiger partial charge < -0.3 is 9.47 Å². The molecule has 0 amide bonds. The lowest BCUT2D eigenvalue weighted by Gasteiger charge is -2.17. The second-order valence-corrected chi connectivity index (χ2v) is 5.74. The van der Waals surface area contributed by atoms with Crippen LogP contribution in [0.15, 0.2) is 29.4 Å². The van der Waals surface area contributed by atoms with E-state index in [1.165, 1.54) is 11.1 Å². The first kappa shape index (κ1) is 18.0. The third-order valence-electron chi connectivity index (χ3n) is 3.49. The van der Waals surface area contributed by atoms with E-state index in [0.29, 0.717) is 29.9 Å². The molecular formula is C19H26O3. The molecule has 0 aliphatic carbocycles. The van der Waals surface area contributed by atoms with Gasteiger partial charge in [-0.05, 0) is 40.5 Å². The topological polar surface area (TPSA) is 35.5 Å². The van der Waals surface area contributed by atoms with Gasteiger partial charge in [0.1, 0.15) is 11.5 Å². The number of carbonyl (C=O) groups is 1. The third kappa shape index (κ3) is 4.48. The Labute approximate surface area is 133 Å². The minimum Gasteiger partial charge on any atom is -0.496 e. The van der Waals surface area contributed by atoms with Gasteiger partial charge in [-0.2, -0.15) is 0 Å². The molecule has 0 bridgehead atoms. The molecule has 0 saturated carbocycles. The molecule has 0 radical (unpaired) electrons. The Hall–Kier alpha value is -2.03. The lowest BCUT2D eigenvalue weighted by Crippen LogP contribution is -2.05. The first-order valence-corrected chi connectivity index (χ1v) is 7.43. The lowest BCUT2D eigenvalue weighted by atomic mass is 9.94. The maximum Gasteiger partial charge on any atom is 0.150 e. The Kier molecular flexibility index (Phi) is 6.90. The number of methoxy groups -OCH3 is 2. The van der Waals surface area contributed by atoms with Gasteiger partial charge in [-0.25, -0.2) is 0 Å². The van der Waals surface area contributed by atoms with Crippen LogP contribution in [0.25, 0.3) is 0 Å². The van der Waals surface area contributed by atoms with E-state index in [2.05, 4.69) is 12.2 Å². The van der Waals surface area contributed by atoms with E-state index >= 15 is 0 Å². The number of hydrogen-bond acceptors (Lipinski definition) is 3. The molecule has 120 valence electrons. The molecule has 1 rings (SSSR count). The standard InChI is InChI=1S/C19H26O3/c1-13(2)7-9-15-17(12-20)16(10-8-14(3)4)19(22-6)11-18(15)21-5/h7-8,11-12H,9-10H2,1-6H3. The summed E-state index contributed by atoms with van der Waals surface area (Å²) >= 11 is 0. The molecule has 0 saturated heterocycles. The fourth-order valence-electron chi connectivity index (χ4n) is 2.28. The summed E-state index contributed by atoms with van der Waals surface area (Å²) in [6, 6.07) is 1.87. The highest BCUT2D eigenvalue weighted by Gasteiger charge is 2.17. The number of carbonyl (C=O) groups excluding carboxylic acids is 1. The second kappa shape index (κ2) is 8.42. The highest BCUT2D eigenvalue weighted by Crippen LogP contribution is 2.34. The van der Waals surface area contributed by atoms with Gasteiger partial charge in [0.2, 0.25) is 0 Å². The summed E-state index contributed by atoms with van der Waals surface area (Å²) in [5.41, 5.74) is 4.92. The van der Waals surface area contributed by atoms with Gasteiger partial charge in [-0.3, -0.25) is 4.79 Å². The summed E-state index contributed by atoms with van der Waals surface area (Å²) in [6.45, 7) is 8.17. The largest absolute Gasteiger partial charge is 0.496 e. The van der Waals surface area contributed by atoms with Crippen LogP contribution in [0.2, 0.25) is 0 Å². The third-order valence-corrected chi connectivity index (χ3v) is 3.49. The number of benzene rings is 1. The van der Waals surface area contributed by atoms with Crippen LogP contribution in [0.4, 0.5) is 0 Å². The maximum absolute atomic E-state index is 11.7. The molecule has 0 N–H and O–H groups in total. The van der Waals surface area contributed by atoms with Gasteiger partial charge in [0.15, 0.2) is 6.29 Å². The molecule has 3 nitrogen and oxygen atoms in total. The van der Waals surface area contributed by atoms with Crippen molar-refractivity contribution in [2.24, 2.45) is 0 Å².